The highest BCUT2D eigenvalue weighted by atomic mass is 79.9. The Labute approximate surface area is 123 Å². The molecule has 1 aliphatic heterocycles. The van der Waals surface area contributed by atoms with E-state index in [-0.39, 0.29) is 5.82 Å². The van der Waals surface area contributed by atoms with Gasteiger partial charge in [-0.15, -0.1) is 0 Å². The summed E-state index contributed by atoms with van der Waals surface area (Å²) >= 11 is 3.32. The van der Waals surface area contributed by atoms with E-state index in [1.54, 1.807) is 0 Å². The highest BCUT2D eigenvalue weighted by molar-refractivity contribution is 9.10. The summed E-state index contributed by atoms with van der Waals surface area (Å²) in [6.07, 6.45) is 3.46. The van der Waals surface area contributed by atoms with E-state index in [4.69, 9.17) is 5.73 Å². The van der Waals surface area contributed by atoms with Gasteiger partial charge in [-0.1, -0.05) is 19.9 Å². The van der Waals surface area contributed by atoms with Crippen LogP contribution < -0.4 is 10.6 Å². The maximum Gasteiger partial charge on any atom is 0.160 e. The number of benzene rings is 1. The van der Waals surface area contributed by atoms with Crippen LogP contribution in [0.15, 0.2) is 16.6 Å². The van der Waals surface area contributed by atoms with Crippen LogP contribution in [0.2, 0.25) is 0 Å². The summed E-state index contributed by atoms with van der Waals surface area (Å²) in [7, 11) is 0. The van der Waals surface area contributed by atoms with Gasteiger partial charge in [0.2, 0.25) is 0 Å². The zero-order chi connectivity index (χ0) is 14.0. The lowest BCUT2D eigenvalue weighted by Gasteiger charge is -2.27. The number of nitrogens with zero attached hydrogens (tertiary/aromatic N) is 1. The second-order valence-electron chi connectivity index (χ2n) is 5.45. The lowest BCUT2D eigenvalue weighted by Crippen LogP contribution is -2.26. The van der Waals surface area contributed by atoms with Gasteiger partial charge in [0.15, 0.2) is 5.82 Å². The summed E-state index contributed by atoms with van der Waals surface area (Å²) < 4.78 is 14.9. The molecule has 1 aromatic rings. The van der Waals surface area contributed by atoms with Crippen LogP contribution in [0.3, 0.4) is 0 Å². The molecule has 0 unspecified atom stereocenters. The van der Waals surface area contributed by atoms with Crippen LogP contribution in [-0.4, -0.2) is 13.1 Å². The third-order valence-corrected chi connectivity index (χ3v) is 5.50. The molecule has 2 rings (SSSR count). The standard InChI is InChI=1S/C15H22BrFN2/c1-3-15(4-2)7-8-19(10-15)12-6-5-11(9-18)13(16)14(12)17/h5-6H,3-4,7-10,18H2,1-2H3. The predicted octanol–water partition coefficient (Wildman–Crippen LogP) is 4.06. The van der Waals surface area contributed by atoms with Gasteiger partial charge in [-0.2, -0.15) is 0 Å². The monoisotopic (exact) mass is 328 g/mol. The van der Waals surface area contributed by atoms with Gasteiger partial charge in [0.05, 0.1) is 10.2 Å². The van der Waals surface area contributed by atoms with Crippen molar-refractivity contribution in [1.82, 2.24) is 0 Å². The van der Waals surface area contributed by atoms with Gasteiger partial charge in [-0.05, 0) is 52.2 Å². The van der Waals surface area contributed by atoms with Crippen LogP contribution in [0.5, 0.6) is 0 Å². The van der Waals surface area contributed by atoms with Gasteiger partial charge in [-0.25, -0.2) is 4.39 Å². The van der Waals surface area contributed by atoms with Crippen molar-refractivity contribution in [1.29, 1.82) is 0 Å². The van der Waals surface area contributed by atoms with E-state index in [0.717, 1.165) is 37.9 Å². The molecule has 0 bridgehead atoms. The largest absolute Gasteiger partial charge is 0.369 e. The molecule has 0 spiro atoms. The summed E-state index contributed by atoms with van der Waals surface area (Å²) in [6, 6.07) is 3.78. The Hall–Kier alpha value is -0.610. The molecule has 0 atom stereocenters. The zero-order valence-electron chi connectivity index (χ0n) is 11.7. The lowest BCUT2D eigenvalue weighted by molar-refractivity contribution is 0.301. The Balaban J connectivity index is 2.27. The van der Waals surface area contributed by atoms with Crippen molar-refractivity contribution in [3.05, 3.63) is 28.0 Å². The van der Waals surface area contributed by atoms with Gasteiger partial charge in [0.1, 0.15) is 0 Å². The maximum atomic E-state index is 14.4. The van der Waals surface area contributed by atoms with Crippen molar-refractivity contribution in [2.45, 2.75) is 39.7 Å². The third-order valence-electron chi connectivity index (χ3n) is 4.64. The molecule has 0 saturated carbocycles. The summed E-state index contributed by atoms with van der Waals surface area (Å²) in [5.41, 5.74) is 7.47. The molecule has 1 heterocycles. The Morgan fingerprint density at radius 2 is 2.05 bits per heavy atom. The molecule has 1 fully saturated rings. The molecule has 1 aromatic carbocycles. The van der Waals surface area contributed by atoms with E-state index in [1.807, 2.05) is 12.1 Å². The van der Waals surface area contributed by atoms with Crippen LogP contribution in [0, 0.1) is 11.2 Å². The van der Waals surface area contributed by atoms with E-state index in [9.17, 15) is 4.39 Å². The topological polar surface area (TPSA) is 29.3 Å². The molecule has 0 radical (unpaired) electrons. The molecule has 1 aliphatic rings. The van der Waals surface area contributed by atoms with Crippen molar-refractivity contribution < 1.29 is 4.39 Å². The fourth-order valence-electron chi connectivity index (χ4n) is 2.95. The number of hydrogen-bond donors (Lipinski definition) is 1. The van der Waals surface area contributed by atoms with Gasteiger partial charge >= 0.3 is 0 Å². The Morgan fingerprint density at radius 1 is 1.37 bits per heavy atom. The van der Waals surface area contributed by atoms with E-state index >= 15 is 0 Å². The van der Waals surface area contributed by atoms with E-state index < -0.39 is 0 Å². The predicted molar refractivity (Wildman–Crippen MR) is 81.8 cm³/mol. The number of anilines is 1. The first-order valence-electron chi connectivity index (χ1n) is 6.98. The van der Waals surface area contributed by atoms with Crippen molar-refractivity contribution in [2.24, 2.45) is 11.1 Å². The second kappa shape index (κ2) is 5.80. The molecule has 2 nitrogen and oxygen atoms in total. The fraction of sp³-hybridized carbons (Fsp3) is 0.600. The lowest BCUT2D eigenvalue weighted by atomic mass is 9.82. The summed E-state index contributed by atoms with van der Waals surface area (Å²) in [4.78, 5) is 2.17. The first kappa shape index (κ1) is 14.8. The molecule has 2 N–H and O–H groups in total. The normalized spacial score (nSPS) is 18.1. The van der Waals surface area contributed by atoms with E-state index in [0.29, 0.717) is 22.1 Å². The maximum absolute atomic E-state index is 14.4. The average Bonchev–Trinajstić information content (AvgIpc) is 2.87. The van der Waals surface area contributed by atoms with Crippen molar-refractivity contribution in [2.75, 3.05) is 18.0 Å². The van der Waals surface area contributed by atoms with Crippen molar-refractivity contribution >= 4 is 21.6 Å². The Kier molecular flexibility index (Phi) is 4.51. The van der Waals surface area contributed by atoms with E-state index in [2.05, 4.69) is 34.7 Å². The zero-order valence-corrected chi connectivity index (χ0v) is 13.3. The third kappa shape index (κ3) is 2.65. The number of rotatable bonds is 4. The Morgan fingerprint density at radius 3 is 2.58 bits per heavy atom. The van der Waals surface area contributed by atoms with E-state index in [1.165, 1.54) is 0 Å². The smallest absolute Gasteiger partial charge is 0.160 e. The second-order valence-corrected chi connectivity index (χ2v) is 6.25. The molecule has 0 aliphatic carbocycles. The average molecular weight is 329 g/mol. The van der Waals surface area contributed by atoms with Gasteiger partial charge in [0, 0.05) is 19.6 Å². The van der Waals surface area contributed by atoms with Gasteiger partial charge < -0.3 is 10.6 Å². The van der Waals surface area contributed by atoms with Crippen LogP contribution in [0.4, 0.5) is 10.1 Å². The number of halogens is 2. The van der Waals surface area contributed by atoms with Crippen molar-refractivity contribution in [3.63, 3.8) is 0 Å². The first-order valence-corrected chi connectivity index (χ1v) is 7.78. The van der Waals surface area contributed by atoms with Crippen LogP contribution in [0.25, 0.3) is 0 Å². The highest BCUT2D eigenvalue weighted by Gasteiger charge is 2.36. The molecule has 106 valence electrons. The number of hydrogen-bond acceptors (Lipinski definition) is 2. The highest BCUT2D eigenvalue weighted by Crippen LogP contribution is 2.40. The summed E-state index contributed by atoms with van der Waals surface area (Å²) in [5, 5.41) is 0. The van der Waals surface area contributed by atoms with Crippen molar-refractivity contribution in [3.8, 4) is 0 Å². The minimum atomic E-state index is -0.175. The minimum absolute atomic E-state index is 0.175. The fourth-order valence-corrected chi connectivity index (χ4v) is 3.45. The number of nitrogens with two attached hydrogens (primary N) is 1. The quantitative estimate of drug-likeness (QED) is 0.902. The molecule has 0 aromatic heterocycles. The summed E-state index contributed by atoms with van der Waals surface area (Å²) in [5.74, 6) is -0.175. The molecule has 1 saturated heterocycles. The van der Waals surface area contributed by atoms with Crippen LogP contribution in [0.1, 0.15) is 38.7 Å². The SMILES string of the molecule is CCC1(CC)CCN(c2ccc(CN)c(Br)c2F)C1. The van der Waals surface area contributed by atoms with Crippen LogP contribution >= 0.6 is 15.9 Å². The summed E-state index contributed by atoms with van der Waals surface area (Å²) in [6.45, 7) is 6.71. The molecule has 19 heavy (non-hydrogen) atoms. The first-order chi connectivity index (χ1) is 9.06. The van der Waals surface area contributed by atoms with Gasteiger partial charge in [-0.3, -0.25) is 0 Å². The molecular formula is C15H22BrFN2. The minimum Gasteiger partial charge on any atom is -0.369 e. The molecule has 0 amide bonds. The van der Waals surface area contributed by atoms with Gasteiger partial charge in [0.25, 0.3) is 0 Å². The molecular weight excluding hydrogens is 307 g/mol. The van der Waals surface area contributed by atoms with Crippen LogP contribution in [-0.2, 0) is 6.54 Å². The Bertz CT molecular complexity index is 458. The molecule has 4 heteroatoms.